The maximum atomic E-state index is 12.9. The van der Waals surface area contributed by atoms with Crippen LogP contribution in [0.1, 0.15) is 25.3 Å². The van der Waals surface area contributed by atoms with E-state index >= 15 is 0 Å². The largest absolute Gasteiger partial charge is 0.403 e. The molecular formula is C20H29F3IN5O. The number of carbonyl (C=O) groups excluding carboxylic acids is 1. The molecule has 0 radical (unpaired) electrons. The number of nitrogens with one attached hydrogen (secondary N) is 1. The summed E-state index contributed by atoms with van der Waals surface area (Å²) in [5.74, 6) is 0.846. The molecule has 1 unspecified atom stereocenters. The molecule has 0 saturated carbocycles. The van der Waals surface area contributed by atoms with Crippen molar-refractivity contribution in [3.05, 3.63) is 29.8 Å². The van der Waals surface area contributed by atoms with E-state index in [0.717, 1.165) is 24.2 Å². The van der Waals surface area contributed by atoms with E-state index in [1.807, 2.05) is 29.2 Å². The van der Waals surface area contributed by atoms with E-state index in [2.05, 4.69) is 10.3 Å². The van der Waals surface area contributed by atoms with Crippen LogP contribution in [0, 0.1) is 0 Å². The van der Waals surface area contributed by atoms with Crippen molar-refractivity contribution in [3.8, 4) is 0 Å². The minimum absolute atomic E-state index is 0. The van der Waals surface area contributed by atoms with E-state index in [9.17, 15) is 18.0 Å². The van der Waals surface area contributed by atoms with Gasteiger partial charge in [0.1, 0.15) is 6.04 Å². The fourth-order valence-corrected chi connectivity index (χ4v) is 3.76. The van der Waals surface area contributed by atoms with Crippen molar-refractivity contribution in [3.63, 3.8) is 0 Å². The van der Waals surface area contributed by atoms with Crippen LogP contribution in [0.5, 0.6) is 0 Å². The fraction of sp³-hybridized carbons (Fsp3) is 0.600. The number of guanidine groups is 1. The van der Waals surface area contributed by atoms with E-state index in [1.54, 1.807) is 11.9 Å². The SMILES string of the molecule is CN=C(NCc1ccc(N2CCCC2=O)cc1)N1CCN(C(C)C(F)(F)F)CC1.I. The Balaban J connectivity index is 0.00000320. The summed E-state index contributed by atoms with van der Waals surface area (Å²) in [7, 11) is 1.68. The van der Waals surface area contributed by atoms with Gasteiger partial charge in [-0.25, -0.2) is 0 Å². The first-order valence-electron chi connectivity index (χ1n) is 9.95. The van der Waals surface area contributed by atoms with Crippen molar-refractivity contribution in [2.24, 2.45) is 4.99 Å². The molecule has 6 nitrogen and oxygen atoms in total. The Kier molecular flexibility index (Phi) is 8.77. The third-order valence-corrected chi connectivity index (χ3v) is 5.62. The molecular weight excluding hydrogens is 510 g/mol. The molecule has 2 heterocycles. The number of aliphatic imine (C=N–C) groups is 1. The molecule has 1 aromatic carbocycles. The van der Waals surface area contributed by atoms with E-state index in [4.69, 9.17) is 0 Å². The Morgan fingerprint density at radius 2 is 1.77 bits per heavy atom. The Morgan fingerprint density at radius 3 is 2.27 bits per heavy atom. The molecule has 2 fully saturated rings. The lowest BCUT2D eigenvalue weighted by Gasteiger charge is -2.39. The lowest BCUT2D eigenvalue weighted by molar-refractivity contribution is -0.181. The first-order chi connectivity index (χ1) is 13.8. The van der Waals surface area contributed by atoms with E-state index in [1.165, 1.54) is 11.8 Å². The second kappa shape index (κ2) is 10.7. The third kappa shape index (κ3) is 5.99. The molecule has 1 aromatic rings. The summed E-state index contributed by atoms with van der Waals surface area (Å²) in [5.41, 5.74) is 1.96. The molecule has 2 saturated heterocycles. The maximum Gasteiger partial charge on any atom is 0.403 e. The Morgan fingerprint density at radius 1 is 1.13 bits per heavy atom. The predicted molar refractivity (Wildman–Crippen MR) is 122 cm³/mol. The first-order valence-corrected chi connectivity index (χ1v) is 9.95. The zero-order valence-corrected chi connectivity index (χ0v) is 19.6. The summed E-state index contributed by atoms with van der Waals surface area (Å²) in [6, 6.07) is 6.41. The highest BCUT2D eigenvalue weighted by atomic mass is 127. The average molecular weight is 539 g/mol. The average Bonchev–Trinajstić information content (AvgIpc) is 3.14. The molecule has 1 amide bonds. The van der Waals surface area contributed by atoms with Gasteiger partial charge in [-0.1, -0.05) is 12.1 Å². The van der Waals surface area contributed by atoms with Gasteiger partial charge in [0, 0.05) is 58.4 Å². The second-order valence-corrected chi connectivity index (χ2v) is 7.46. The molecule has 2 aliphatic rings. The van der Waals surface area contributed by atoms with Crippen LogP contribution in [0.2, 0.25) is 0 Å². The zero-order valence-electron chi connectivity index (χ0n) is 17.3. The quantitative estimate of drug-likeness (QED) is 0.363. The molecule has 10 heteroatoms. The van der Waals surface area contributed by atoms with Crippen LogP contribution in [0.15, 0.2) is 29.3 Å². The van der Waals surface area contributed by atoms with Crippen molar-refractivity contribution in [1.29, 1.82) is 0 Å². The number of halogens is 4. The zero-order chi connectivity index (χ0) is 21.0. The van der Waals surface area contributed by atoms with Gasteiger partial charge in [0.25, 0.3) is 0 Å². The molecule has 1 N–H and O–H groups in total. The number of hydrogen-bond donors (Lipinski definition) is 1. The highest BCUT2D eigenvalue weighted by molar-refractivity contribution is 14.0. The molecule has 2 aliphatic heterocycles. The molecule has 0 aromatic heterocycles. The summed E-state index contributed by atoms with van der Waals surface area (Å²) in [4.78, 5) is 21.4. The molecule has 0 spiro atoms. The standard InChI is InChI=1S/C20H28F3N5O.HI/c1-15(20(21,22)23)26-10-12-27(13-11-26)19(24-2)25-14-16-5-7-17(8-6-16)28-9-3-4-18(28)29;/h5-8,15H,3-4,9-14H2,1-2H3,(H,24,25);1H. The Bertz CT molecular complexity index is 733. The molecule has 3 rings (SSSR count). The van der Waals surface area contributed by atoms with Crippen molar-refractivity contribution < 1.29 is 18.0 Å². The summed E-state index contributed by atoms with van der Waals surface area (Å²) in [5, 5.41) is 3.28. The van der Waals surface area contributed by atoms with Gasteiger partial charge >= 0.3 is 6.18 Å². The van der Waals surface area contributed by atoms with E-state index in [-0.39, 0.29) is 29.9 Å². The number of hydrogen-bond acceptors (Lipinski definition) is 3. The smallest absolute Gasteiger partial charge is 0.352 e. The Labute approximate surface area is 192 Å². The van der Waals surface area contributed by atoms with Crippen LogP contribution in [0.3, 0.4) is 0 Å². The van der Waals surface area contributed by atoms with Gasteiger partial charge in [0.05, 0.1) is 0 Å². The topological polar surface area (TPSA) is 51.2 Å². The van der Waals surface area contributed by atoms with Crippen LogP contribution in [0.25, 0.3) is 0 Å². The number of amides is 1. The molecule has 168 valence electrons. The lowest BCUT2D eigenvalue weighted by atomic mass is 10.2. The van der Waals surface area contributed by atoms with Gasteiger partial charge in [0.2, 0.25) is 5.91 Å². The Hall–Kier alpha value is -1.56. The van der Waals surface area contributed by atoms with Gasteiger partial charge in [-0.3, -0.25) is 14.7 Å². The number of nitrogens with zero attached hydrogens (tertiary/aromatic N) is 4. The van der Waals surface area contributed by atoms with Gasteiger partial charge in [0.15, 0.2) is 5.96 Å². The number of rotatable bonds is 4. The van der Waals surface area contributed by atoms with Gasteiger partial charge in [-0.05, 0) is 31.0 Å². The normalized spacial score (nSPS) is 19.6. The molecule has 0 aliphatic carbocycles. The van der Waals surface area contributed by atoms with Crippen molar-refractivity contribution in [2.75, 3.05) is 44.7 Å². The number of piperazine rings is 1. The van der Waals surface area contributed by atoms with Crippen LogP contribution in [-0.2, 0) is 11.3 Å². The molecule has 1 atom stereocenters. The number of carbonyl (C=O) groups is 1. The minimum Gasteiger partial charge on any atom is -0.352 e. The van der Waals surface area contributed by atoms with E-state index in [0.29, 0.717) is 45.1 Å². The summed E-state index contributed by atoms with van der Waals surface area (Å²) < 4.78 is 38.7. The van der Waals surface area contributed by atoms with Crippen molar-refractivity contribution >= 4 is 41.5 Å². The predicted octanol–water partition coefficient (Wildman–Crippen LogP) is 3.08. The van der Waals surface area contributed by atoms with Crippen molar-refractivity contribution in [1.82, 2.24) is 15.1 Å². The fourth-order valence-electron chi connectivity index (χ4n) is 3.76. The highest BCUT2D eigenvalue weighted by Crippen LogP contribution is 2.25. The number of alkyl halides is 3. The minimum atomic E-state index is -4.20. The second-order valence-electron chi connectivity index (χ2n) is 7.46. The van der Waals surface area contributed by atoms with Gasteiger partial charge in [-0.15, -0.1) is 24.0 Å². The van der Waals surface area contributed by atoms with Gasteiger partial charge < -0.3 is 15.1 Å². The maximum absolute atomic E-state index is 12.9. The van der Waals surface area contributed by atoms with Gasteiger partial charge in [-0.2, -0.15) is 13.2 Å². The van der Waals surface area contributed by atoms with Crippen LogP contribution >= 0.6 is 24.0 Å². The molecule has 30 heavy (non-hydrogen) atoms. The monoisotopic (exact) mass is 539 g/mol. The van der Waals surface area contributed by atoms with Crippen LogP contribution in [0.4, 0.5) is 18.9 Å². The van der Waals surface area contributed by atoms with E-state index < -0.39 is 12.2 Å². The van der Waals surface area contributed by atoms with Crippen LogP contribution < -0.4 is 10.2 Å². The lowest BCUT2D eigenvalue weighted by Crippen LogP contribution is -2.56. The molecule has 0 bridgehead atoms. The summed E-state index contributed by atoms with van der Waals surface area (Å²) in [6.07, 6.45) is -2.70. The highest BCUT2D eigenvalue weighted by Gasteiger charge is 2.41. The number of anilines is 1. The first kappa shape index (κ1) is 24.7. The van der Waals surface area contributed by atoms with Crippen LogP contribution in [-0.4, -0.2) is 73.7 Å². The summed E-state index contributed by atoms with van der Waals surface area (Å²) >= 11 is 0. The third-order valence-electron chi connectivity index (χ3n) is 5.62. The summed E-state index contributed by atoms with van der Waals surface area (Å²) in [6.45, 7) is 4.22. The van der Waals surface area contributed by atoms with Crippen molar-refractivity contribution in [2.45, 2.75) is 38.5 Å². The number of benzene rings is 1.